The standard InChI is InChI=1S/C7H14N2O5S/c1-5(9-2-3-14-4-9)6(10)7(8)15(11,12)13/h5,7H,2-4,8H2,1H3,(H,11,12,13)/t5?,7-/m0/s1. The first-order valence-corrected chi connectivity index (χ1v) is 5.91. The molecule has 0 spiro atoms. The fourth-order valence-corrected chi connectivity index (χ4v) is 1.79. The van der Waals surface area contributed by atoms with Gasteiger partial charge in [-0.05, 0) is 6.92 Å². The molecule has 1 aliphatic heterocycles. The molecule has 8 heteroatoms. The van der Waals surface area contributed by atoms with E-state index in [0.29, 0.717) is 13.2 Å². The van der Waals surface area contributed by atoms with E-state index in [0.717, 1.165) is 0 Å². The van der Waals surface area contributed by atoms with E-state index < -0.39 is 27.3 Å². The van der Waals surface area contributed by atoms with Crippen LogP contribution in [0.3, 0.4) is 0 Å². The van der Waals surface area contributed by atoms with Crippen molar-refractivity contribution in [2.24, 2.45) is 5.73 Å². The highest BCUT2D eigenvalue weighted by Gasteiger charge is 2.34. The fraction of sp³-hybridized carbons (Fsp3) is 0.857. The SMILES string of the molecule is CC(C(=O)[C@@H](N)S(=O)(=O)O)N1CCOC1. The molecule has 1 fully saturated rings. The molecular formula is C7H14N2O5S. The molecule has 15 heavy (non-hydrogen) atoms. The second-order valence-electron chi connectivity index (χ2n) is 3.36. The van der Waals surface area contributed by atoms with E-state index in [1.54, 1.807) is 4.90 Å². The smallest absolute Gasteiger partial charge is 0.288 e. The van der Waals surface area contributed by atoms with Crippen LogP contribution in [0.25, 0.3) is 0 Å². The Balaban J connectivity index is 2.67. The molecule has 2 atom stereocenters. The lowest BCUT2D eigenvalue weighted by atomic mass is 10.2. The van der Waals surface area contributed by atoms with Gasteiger partial charge in [-0.1, -0.05) is 0 Å². The fourth-order valence-electron chi connectivity index (χ4n) is 1.30. The van der Waals surface area contributed by atoms with Gasteiger partial charge in [0.15, 0.2) is 11.2 Å². The third-order valence-electron chi connectivity index (χ3n) is 2.34. The van der Waals surface area contributed by atoms with Gasteiger partial charge < -0.3 is 10.5 Å². The Morgan fingerprint density at radius 2 is 2.20 bits per heavy atom. The van der Waals surface area contributed by atoms with Crippen molar-refractivity contribution in [3.05, 3.63) is 0 Å². The minimum Gasteiger partial charge on any atom is -0.365 e. The Kier molecular flexibility index (Phi) is 3.79. The maximum absolute atomic E-state index is 11.5. The molecule has 0 bridgehead atoms. The molecule has 1 unspecified atom stereocenters. The zero-order chi connectivity index (χ0) is 11.6. The van der Waals surface area contributed by atoms with Crippen LogP contribution in [0.5, 0.6) is 0 Å². The largest absolute Gasteiger partial charge is 0.365 e. The number of ketones is 1. The van der Waals surface area contributed by atoms with Crippen molar-refractivity contribution in [1.82, 2.24) is 4.90 Å². The van der Waals surface area contributed by atoms with Crippen LogP contribution in [-0.4, -0.2) is 55.0 Å². The summed E-state index contributed by atoms with van der Waals surface area (Å²) in [5.74, 6) is -0.733. The molecule has 0 aliphatic carbocycles. The quantitative estimate of drug-likeness (QED) is 0.568. The summed E-state index contributed by atoms with van der Waals surface area (Å²) in [6, 6.07) is -0.676. The zero-order valence-electron chi connectivity index (χ0n) is 8.29. The molecule has 0 saturated carbocycles. The second-order valence-corrected chi connectivity index (χ2v) is 4.90. The molecular weight excluding hydrogens is 224 g/mol. The first kappa shape index (κ1) is 12.5. The average Bonchev–Trinajstić information content (AvgIpc) is 2.65. The normalized spacial score (nSPS) is 22.6. The number of nitrogens with two attached hydrogens (primary N) is 1. The molecule has 1 aliphatic rings. The Morgan fingerprint density at radius 1 is 1.60 bits per heavy atom. The lowest BCUT2D eigenvalue weighted by molar-refractivity contribution is -0.123. The maximum atomic E-state index is 11.5. The predicted octanol–water partition coefficient (Wildman–Crippen LogP) is -1.59. The van der Waals surface area contributed by atoms with Crippen molar-refractivity contribution in [2.45, 2.75) is 18.3 Å². The molecule has 0 radical (unpaired) electrons. The first-order chi connectivity index (χ1) is 6.84. The van der Waals surface area contributed by atoms with Gasteiger partial charge in [0.1, 0.15) is 0 Å². The van der Waals surface area contributed by atoms with Gasteiger partial charge in [0.05, 0.1) is 19.4 Å². The van der Waals surface area contributed by atoms with E-state index >= 15 is 0 Å². The molecule has 0 aromatic rings. The van der Waals surface area contributed by atoms with Crippen molar-refractivity contribution in [2.75, 3.05) is 19.9 Å². The van der Waals surface area contributed by atoms with Gasteiger partial charge in [0.25, 0.3) is 10.1 Å². The number of hydrogen-bond donors (Lipinski definition) is 2. The zero-order valence-corrected chi connectivity index (χ0v) is 9.11. The van der Waals surface area contributed by atoms with Gasteiger partial charge in [-0.2, -0.15) is 8.42 Å². The summed E-state index contributed by atoms with van der Waals surface area (Å²) in [4.78, 5) is 13.2. The molecule has 0 amide bonds. The predicted molar refractivity (Wildman–Crippen MR) is 51.5 cm³/mol. The molecule has 88 valence electrons. The lowest BCUT2D eigenvalue weighted by Crippen LogP contribution is -2.49. The molecule has 1 saturated heterocycles. The third kappa shape index (κ3) is 2.95. The molecule has 0 aromatic carbocycles. The number of carbonyl (C=O) groups is 1. The van der Waals surface area contributed by atoms with E-state index in [4.69, 9.17) is 15.0 Å². The van der Waals surface area contributed by atoms with Crippen LogP contribution in [-0.2, 0) is 19.6 Å². The highest BCUT2D eigenvalue weighted by molar-refractivity contribution is 7.87. The molecule has 3 N–H and O–H groups in total. The lowest BCUT2D eigenvalue weighted by Gasteiger charge is -2.22. The number of rotatable bonds is 4. The van der Waals surface area contributed by atoms with Crippen molar-refractivity contribution in [3.8, 4) is 0 Å². The number of Topliss-reactive ketones (excluding diaryl/α,β-unsaturated/α-hetero) is 1. The highest BCUT2D eigenvalue weighted by atomic mass is 32.2. The number of nitrogens with zero attached hydrogens (tertiary/aromatic N) is 1. The van der Waals surface area contributed by atoms with Gasteiger partial charge in [-0.15, -0.1) is 0 Å². The molecule has 1 rings (SSSR count). The minimum atomic E-state index is -4.52. The second kappa shape index (κ2) is 4.54. The van der Waals surface area contributed by atoms with Crippen LogP contribution in [0.1, 0.15) is 6.92 Å². The maximum Gasteiger partial charge on any atom is 0.288 e. The Hall–Kier alpha value is -0.540. The summed E-state index contributed by atoms with van der Waals surface area (Å²) >= 11 is 0. The van der Waals surface area contributed by atoms with Gasteiger partial charge in [-0.25, -0.2) is 0 Å². The summed E-state index contributed by atoms with van der Waals surface area (Å²) < 4.78 is 34.9. The Morgan fingerprint density at radius 3 is 2.60 bits per heavy atom. The minimum absolute atomic E-state index is 0.269. The number of carbonyl (C=O) groups excluding carboxylic acids is 1. The first-order valence-electron chi connectivity index (χ1n) is 4.41. The van der Waals surface area contributed by atoms with Crippen LogP contribution in [0.2, 0.25) is 0 Å². The number of ether oxygens (including phenoxy) is 1. The monoisotopic (exact) mass is 238 g/mol. The van der Waals surface area contributed by atoms with Crippen LogP contribution in [0.15, 0.2) is 0 Å². The van der Waals surface area contributed by atoms with E-state index in [9.17, 15) is 13.2 Å². The van der Waals surface area contributed by atoms with Gasteiger partial charge >= 0.3 is 0 Å². The van der Waals surface area contributed by atoms with E-state index in [1.807, 2.05) is 0 Å². The van der Waals surface area contributed by atoms with Crippen molar-refractivity contribution in [3.63, 3.8) is 0 Å². The van der Waals surface area contributed by atoms with Crippen LogP contribution < -0.4 is 5.73 Å². The summed E-state index contributed by atoms with van der Waals surface area (Å²) in [6.45, 7) is 2.84. The van der Waals surface area contributed by atoms with E-state index in [1.165, 1.54) is 6.92 Å². The molecule has 1 heterocycles. The average molecular weight is 238 g/mol. The summed E-state index contributed by atoms with van der Waals surface area (Å²) in [7, 11) is -4.52. The van der Waals surface area contributed by atoms with Crippen LogP contribution >= 0.6 is 0 Å². The number of hydrogen-bond acceptors (Lipinski definition) is 6. The molecule has 7 nitrogen and oxygen atoms in total. The highest BCUT2D eigenvalue weighted by Crippen LogP contribution is 2.09. The van der Waals surface area contributed by atoms with Gasteiger partial charge in [0.2, 0.25) is 0 Å². The van der Waals surface area contributed by atoms with Crippen LogP contribution in [0.4, 0.5) is 0 Å². The van der Waals surface area contributed by atoms with Crippen LogP contribution in [0, 0.1) is 0 Å². The van der Waals surface area contributed by atoms with Crippen molar-refractivity contribution in [1.29, 1.82) is 0 Å². The van der Waals surface area contributed by atoms with Crippen molar-refractivity contribution < 1.29 is 22.5 Å². The topological polar surface area (TPSA) is 110 Å². The Bertz CT molecular complexity index is 335. The van der Waals surface area contributed by atoms with Crippen molar-refractivity contribution >= 4 is 15.9 Å². The third-order valence-corrected chi connectivity index (χ3v) is 3.21. The Labute approximate surface area is 87.9 Å². The summed E-state index contributed by atoms with van der Waals surface area (Å²) in [5.41, 5.74) is 5.11. The van der Waals surface area contributed by atoms with E-state index in [-0.39, 0.29) is 6.73 Å². The summed E-state index contributed by atoms with van der Waals surface area (Å²) in [6.07, 6.45) is 0. The van der Waals surface area contributed by atoms with Gasteiger partial charge in [-0.3, -0.25) is 14.2 Å². The van der Waals surface area contributed by atoms with E-state index in [2.05, 4.69) is 0 Å². The molecule has 0 aromatic heterocycles. The van der Waals surface area contributed by atoms with Gasteiger partial charge in [0, 0.05) is 6.54 Å². The summed E-state index contributed by atoms with van der Waals surface area (Å²) in [5, 5.41) is -1.88.